The lowest BCUT2D eigenvalue weighted by atomic mass is 9.89. The lowest BCUT2D eigenvalue weighted by Crippen LogP contribution is -2.58. The van der Waals surface area contributed by atoms with Gasteiger partial charge in [-0.25, -0.2) is 0 Å². The van der Waals surface area contributed by atoms with Crippen molar-refractivity contribution in [2.24, 2.45) is 0 Å². The molecule has 1 aliphatic rings. The molecule has 0 spiro atoms. The molecule has 5 aromatic carbocycles. The molecular formula is C47H43ClN4O5S. The smallest absolute Gasteiger partial charge is 0.167 e. The monoisotopic (exact) mass is 810 g/mol. The van der Waals surface area contributed by atoms with Crippen molar-refractivity contribution in [1.29, 1.82) is 0 Å². The van der Waals surface area contributed by atoms with E-state index in [0.29, 0.717) is 48.6 Å². The van der Waals surface area contributed by atoms with Gasteiger partial charge < -0.3 is 23.7 Å². The zero-order valence-corrected chi connectivity index (χ0v) is 33.3. The van der Waals surface area contributed by atoms with Crippen LogP contribution in [0.15, 0.2) is 158 Å². The van der Waals surface area contributed by atoms with E-state index in [2.05, 4.69) is 74.8 Å². The molecule has 11 heteroatoms. The first-order valence-corrected chi connectivity index (χ1v) is 20.5. The second-order valence-corrected chi connectivity index (χ2v) is 15.5. The zero-order valence-electron chi connectivity index (χ0n) is 31.8. The average molecular weight is 811 g/mol. The van der Waals surface area contributed by atoms with Crippen molar-refractivity contribution in [2.75, 3.05) is 6.61 Å². The predicted molar refractivity (Wildman–Crippen MR) is 224 cm³/mol. The van der Waals surface area contributed by atoms with E-state index in [-0.39, 0.29) is 6.61 Å². The van der Waals surface area contributed by atoms with E-state index in [1.165, 1.54) is 11.3 Å². The predicted octanol–water partition coefficient (Wildman–Crippen LogP) is 9.65. The van der Waals surface area contributed by atoms with Crippen molar-refractivity contribution in [1.82, 2.24) is 20.2 Å². The van der Waals surface area contributed by atoms with Crippen molar-refractivity contribution >= 4 is 22.9 Å². The van der Waals surface area contributed by atoms with Gasteiger partial charge in [-0.2, -0.15) is 0 Å². The Labute approximate surface area is 347 Å². The minimum Gasteiger partial charge on any atom is -0.374 e. The first kappa shape index (κ1) is 39.6. The molecule has 0 N–H and O–H groups in total. The lowest BCUT2D eigenvalue weighted by Gasteiger charge is -2.46. The number of nitrogens with zero attached hydrogens (tertiary/aromatic N) is 4. The third-order valence-electron chi connectivity index (χ3n) is 9.87. The number of hydrogen-bond acceptors (Lipinski definition) is 10. The summed E-state index contributed by atoms with van der Waals surface area (Å²) in [7, 11) is 0. The molecule has 5 unspecified atom stereocenters. The molecule has 9 nitrogen and oxygen atoms in total. The molecular weight excluding hydrogens is 768 g/mol. The molecule has 5 atom stereocenters. The highest BCUT2D eigenvalue weighted by Gasteiger charge is 2.49. The van der Waals surface area contributed by atoms with Gasteiger partial charge in [0.25, 0.3) is 0 Å². The third-order valence-corrected chi connectivity index (χ3v) is 11.2. The maximum Gasteiger partial charge on any atom is 0.167 e. The molecule has 1 aliphatic heterocycles. The van der Waals surface area contributed by atoms with Gasteiger partial charge >= 0.3 is 0 Å². The van der Waals surface area contributed by atoms with Crippen molar-refractivity contribution in [3.05, 3.63) is 202 Å². The summed E-state index contributed by atoms with van der Waals surface area (Å²) >= 11 is 8.37. The van der Waals surface area contributed by atoms with Crippen LogP contribution < -0.4 is 0 Å². The van der Waals surface area contributed by atoms with Crippen LogP contribution in [0.3, 0.4) is 0 Å². The Morgan fingerprint density at radius 2 is 1.17 bits per heavy atom. The van der Waals surface area contributed by atoms with Crippen molar-refractivity contribution < 1.29 is 23.7 Å². The van der Waals surface area contributed by atoms with Gasteiger partial charge in [0.15, 0.2) is 5.01 Å². The van der Waals surface area contributed by atoms with E-state index in [1.54, 1.807) is 18.6 Å². The molecule has 0 bridgehead atoms. The minimum atomic E-state index is -0.589. The van der Waals surface area contributed by atoms with Gasteiger partial charge in [0.1, 0.15) is 41.2 Å². The van der Waals surface area contributed by atoms with Crippen LogP contribution in [0.2, 0.25) is 5.02 Å². The lowest BCUT2D eigenvalue weighted by molar-refractivity contribution is -0.275. The summed E-state index contributed by atoms with van der Waals surface area (Å²) in [6, 6.07) is 46.5. The number of benzene rings is 5. The molecule has 7 aromatic rings. The molecule has 0 saturated carbocycles. The molecule has 2 aromatic heterocycles. The van der Waals surface area contributed by atoms with Gasteiger partial charge in [-0.1, -0.05) is 156 Å². The Morgan fingerprint density at radius 3 is 1.76 bits per heavy atom. The Morgan fingerprint density at radius 1 is 0.603 bits per heavy atom. The van der Waals surface area contributed by atoms with E-state index in [4.69, 9.17) is 35.3 Å². The topological polar surface area (TPSA) is 97.7 Å². The van der Waals surface area contributed by atoms with Gasteiger partial charge in [0.2, 0.25) is 0 Å². The average Bonchev–Trinajstić information content (AvgIpc) is 3.75. The van der Waals surface area contributed by atoms with E-state index < -0.39 is 30.5 Å². The number of rotatable bonds is 17. The zero-order chi connectivity index (χ0) is 39.4. The van der Waals surface area contributed by atoms with E-state index in [1.807, 2.05) is 84.9 Å². The van der Waals surface area contributed by atoms with Crippen molar-refractivity contribution in [3.63, 3.8) is 0 Å². The second kappa shape index (κ2) is 20.0. The Balaban J connectivity index is 1.15. The maximum atomic E-state index is 7.16. The molecule has 0 aliphatic carbocycles. The van der Waals surface area contributed by atoms with E-state index in [9.17, 15) is 0 Å². The van der Waals surface area contributed by atoms with Crippen LogP contribution in [0, 0.1) is 0 Å². The van der Waals surface area contributed by atoms with Crippen molar-refractivity contribution in [3.8, 4) is 10.7 Å². The van der Waals surface area contributed by atoms with Gasteiger partial charge in [-0.15, -0.1) is 10.2 Å². The van der Waals surface area contributed by atoms with Gasteiger partial charge in [-0.3, -0.25) is 9.97 Å². The fraction of sp³-hybridized carbons (Fsp3) is 0.234. The van der Waals surface area contributed by atoms with Crippen LogP contribution in [0.5, 0.6) is 0 Å². The Bertz CT molecular complexity index is 2290. The molecule has 294 valence electrons. The summed E-state index contributed by atoms with van der Waals surface area (Å²) < 4.78 is 34.4. The van der Waals surface area contributed by atoms with Crippen LogP contribution in [0.4, 0.5) is 0 Å². The van der Waals surface area contributed by atoms with Crippen molar-refractivity contribution in [2.45, 2.75) is 63.4 Å². The standard InChI is InChI=1S/C47H43ClN4O5S/c48-39-22-21-37(25-38(39)26-42-51-52-47(58-42)40-27-49-23-24-50-40)43-45(55-30-35-17-9-3-10-18-35)46(56-31-36-19-11-4-12-20-36)44(54-29-34-15-7-2-8-16-34)41(57-43)32-53-28-33-13-5-1-6-14-33/h1-25,27,41,43-46H,26,28-32H2. The Kier molecular flexibility index (Phi) is 13.7. The summed E-state index contributed by atoms with van der Waals surface area (Å²) in [6.07, 6.45) is 2.63. The number of ether oxygens (including phenoxy) is 5. The van der Waals surface area contributed by atoms with Gasteiger partial charge in [-0.05, 0) is 39.4 Å². The van der Waals surface area contributed by atoms with E-state index >= 15 is 0 Å². The van der Waals surface area contributed by atoms with Crippen LogP contribution in [0.25, 0.3) is 10.7 Å². The highest BCUT2D eigenvalue weighted by atomic mass is 35.5. The highest BCUT2D eigenvalue weighted by molar-refractivity contribution is 7.14. The molecule has 58 heavy (non-hydrogen) atoms. The highest BCUT2D eigenvalue weighted by Crippen LogP contribution is 2.40. The first-order chi connectivity index (χ1) is 28.7. The molecule has 1 saturated heterocycles. The summed E-state index contributed by atoms with van der Waals surface area (Å²) in [5.41, 5.74) is 6.62. The summed E-state index contributed by atoms with van der Waals surface area (Å²) in [6.45, 7) is 1.73. The third kappa shape index (κ3) is 10.5. The van der Waals surface area contributed by atoms with Crippen LogP contribution >= 0.6 is 22.9 Å². The number of aromatic nitrogens is 4. The molecule has 8 rings (SSSR count). The minimum absolute atomic E-state index is 0.262. The molecule has 1 fully saturated rings. The molecule has 3 heterocycles. The first-order valence-electron chi connectivity index (χ1n) is 19.3. The normalized spacial score (nSPS) is 19.2. The fourth-order valence-electron chi connectivity index (χ4n) is 6.97. The number of hydrogen-bond donors (Lipinski definition) is 0. The SMILES string of the molecule is Clc1ccc(C2OC(COCc3ccccc3)C(OCc3ccccc3)C(OCc3ccccc3)C2OCc2ccccc2)cc1Cc1nnc(-c2cnccn2)s1. The van der Waals surface area contributed by atoms with Gasteiger partial charge in [0.05, 0.1) is 39.2 Å². The van der Waals surface area contributed by atoms with Gasteiger partial charge in [0, 0.05) is 23.8 Å². The summed E-state index contributed by atoms with van der Waals surface area (Å²) in [5, 5.41) is 11.0. The molecule has 0 amide bonds. The molecule has 0 radical (unpaired) electrons. The fourth-order valence-corrected chi connectivity index (χ4v) is 7.97. The van der Waals surface area contributed by atoms with Crippen LogP contribution in [0.1, 0.15) is 44.5 Å². The second-order valence-electron chi connectivity index (χ2n) is 14.0. The van der Waals surface area contributed by atoms with Crippen LogP contribution in [-0.4, -0.2) is 51.2 Å². The summed E-state index contributed by atoms with van der Waals surface area (Å²) in [5.74, 6) is 0. The quantitative estimate of drug-likeness (QED) is 0.0891. The van der Waals surface area contributed by atoms with Crippen LogP contribution in [-0.2, 0) is 56.5 Å². The largest absolute Gasteiger partial charge is 0.374 e. The maximum absolute atomic E-state index is 7.16. The number of halogens is 1. The van der Waals surface area contributed by atoms with E-state index in [0.717, 1.165) is 38.4 Å². The summed E-state index contributed by atoms with van der Waals surface area (Å²) in [4.78, 5) is 8.57. The Hall–Kier alpha value is -5.17.